The van der Waals surface area contributed by atoms with Gasteiger partial charge in [-0.05, 0) is 35.0 Å². The molecule has 3 rings (SSSR count). The number of nitrogens with zero attached hydrogens (tertiary/aromatic N) is 1. The number of hydrogen-bond acceptors (Lipinski definition) is 4. The molecule has 2 aromatic carbocycles. The predicted octanol–water partition coefficient (Wildman–Crippen LogP) is 2.90. The number of hydrogen-bond donors (Lipinski definition) is 2. The molecule has 3 aromatic rings. The molecule has 0 aliphatic heterocycles. The van der Waals surface area contributed by atoms with Crippen molar-refractivity contribution in [1.82, 2.24) is 5.43 Å². The fraction of sp³-hybridized carbons (Fsp3) is 0. The number of benzene rings is 2. The van der Waals surface area contributed by atoms with E-state index in [-0.39, 0.29) is 11.5 Å². The van der Waals surface area contributed by atoms with Crippen LogP contribution in [0.2, 0.25) is 0 Å². The standard InChI is InChI=1S/C16H12N2O3/c19-14-9-12-5-2-1-4-11(12)8-13(14)10-17-18-16(20)15-6-3-7-21-15/h1-10,19H,(H,18,20)/b17-10+. The number of phenolic OH excluding ortho intramolecular Hbond substituents is 1. The average Bonchev–Trinajstić information content (AvgIpc) is 3.02. The summed E-state index contributed by atoms with van der Waals surface area (Å²) in [4.78, 5) is 11.6. The van der Waals surface area contributed by atoms with E-state index in [1.165, 1.54) is 12.5 Å². The minimum absolute atomic E-state index is 0.102. The third-order valence-corrected chi connectivity index (χ3v) is 3.01. The van der Waals surface area contributed by atoms with Crippen molar-refractivity contribution in [1.29, 1.82) is 0 Å². The number of phenols is 1. The topological polar surface area (TPSA) is 74.8 Å². The van der Waals surface area contributed by atoms with E-state index < -0.39 is 5.91 Å². The fourth-order valence-electron chi connectivity index (χ4n) is 1.97. The van der Waals surface area contributed by atoms with Crippen LogP contribution in [-0.4, -0.2) is 17.2 Å². The number of furan rings is 1. The van der Waals surface area contributed by atoms with Crippen molar-refractivity contribution in [3.8, 4) is 5.75 Å². The zero-order valence-electron chi connectivity index (χ0n) is 11.0. The van der Waals surface area contributed by atoms with Crippen molar-refractivity contribution in [2.24, 2.45) is 5.10 Å². The third kappa shape index (κ3) is 2.76. The van der Waals surface area contributed by atoms with Gasteiger partial charge in [0.25, 0.3) is 0 Å². The highest BCUT2D eigenvalue weighted by molar-refractivity contribution is 5.95. The second-order valence-corrected chi connectivity index (χ2v) is 4.43. The number of nitrogens with one attached hydrogen (secondary N) is 1. The number of fused-ring (bicyclic) bond motifs is 1. The van der Waals surface area contributed by atoms with E-state index in [4.69, 9.17) is 4.42 Å². The Hall–Kier alpha value is -3.08. The van der Waals surface area contributed by atoms with Crippen LogP contribution in [0.25, 0.3) is 10.8 Å². The Balaban J connectivity index is 1.79. The van der Waals surface area contributed by atoms with Crippen LogP contribution in [0.3, 0.4) is 0 Å². The van der Waals surface area contributed by atoms with Gasteiger partial charge in [-0.15, -0.1) is 0 Å². The number of hydrazone groups is 1. The SMILES string of the molecule is O=C(N/N=C/c1cc2ccccc2cc1O)c1ccco1. The maximum atomic E-state index is 11.6. The first kappa shape index (κ1) is 12.9. The van der Waals surface area contributed by atoms with Crippen LogP contribution < -0.4 is 5.43 Å². The first-order valence-electron chi connectivity index (χ1n) is 6.33. The van der Waals surface area contributed by atoms with Crippen LogP contribution in [0.5, 0.6) is 5.75 Å². The third-order valence-electron chi connectivity index (χ3n) is 3.01. The summed E-state index contributed by atoms with van der Waals surface area (Å²) in [6.45, 7) is 0. The van der Waals surface area contributed by atoms with Gasteiger partial charge in [0.1, 0.15) is 5.75 Å². The second-order valence-electron chi connectivity index (χ2n) is 4.43. The summed E-state index contributed by atoms with van der Waals surface area (Å²) in [7, 11) is 0. The Morgan fingerprint density at radius 1 is 1.14 bits per heavy atom. The van der Waals surface area contributed by atoms with Crippen molar-refractivity contribution in [3.63, 3.8) is 0 Å². The maximum Gasteiger partial charge on any atom is 0.307 e. The van der Waals surface area contributed by atoms with Gasteiger partial charge in [0, 0.05) is 5.56 Å². The maximum absolute atomic E-state index is 11.6. The lowest BCUT2D eigenvalue weighted by atomic mass is 10.1. The van der Waals surface area contributed by atoms with Crippen molar-refractivity contribution < 1.29 is 14.3 Å². The van der Waals surface area contributed by atoms with Crippen LogP contribution in [-0.2, 0) is 0 Å². The molecule has 0 atom stereocenters. The smallest absolute Gasteiger partial charge is 0.307 e. The first-order valence-corrected chi connectivity index (χ1v) is 6.33. The van der Waals surface area contributed by atoms with Crippen LogP contribution in [0.1, 0.15) is 16.1 Å². The van der Waals surface area contributed by atoms with Crippen LogP contribution in [0.15, 0.2) is 64.3 Å². The molecule has 0 fully saturated rings. The van der Waals surface area contributed by atoms with Gasteiger partial charge in [0.15, 0.2) is 5.76 Å². The van der Waals surface area contributed by atoms with E-state index in [0.29, 0.717) is 5.56 Å². The largest absolute Gasteiger partial charge is 0.507 e. The molecule has 0 radical (unpaired) electrons. The molecular weight excluding hydrogens is 268 g/mol. The second kappa shape index (κ2) is 5.50. The molecule has 1 amide bonds. The zero-order valence-corrected chi connectivity index (χ0v) is 11.0. The van der Waals surface area contributed by atoms with E-state index in [0.717, 1.165) is 10.8 Å². The van der Waals surface area contributed by atoms with Gasteiger partial charge < -0.3 is 9.52 Å². The van der Waals surface area contributed by atoms with E-state index in [1.807, 2.05) is 24.3 Å². The molecule has 104 valence electrons. The van der Waals surface area contributed by atoms with Crippen molar-refractivity contribution in [3.05, 3.63) is 66.1 Å². The Labute approximate surface area is 120 Å². The molecule has 5 nitrogen and oxygen atoms in total. The fourth-order valence-corrected chi connectivity index (χ4v) is 1.97. The Morgan fingerprint density at radius 2 is 1.90 bits per heavy atom. The van der Waals surface area contributed by atoms with Gasteiger partial charge in [-0.25, -0.2) is 5.43 Å². The number of carbonyl (C=O) groups excluding carboxylic acids is 1. The first-order chi connectivity index (χ1) is 10.2. The highest BCUT2D eigenvalue weighted by Crippen LogP contribution is 2.23. The minimum atomic E-state index is -0.448. The van der Waals surface area contributed by atoms with Crippen molar-refractivity contribution >= 4 is 22.9 Å². The average molecular weight is 280 g/mol. The molecule has 21 heavy (non-hydrogen) atoms. The lowest BCUT2D eigenvalue weighted by Gasteiger charge is -2.02. The summed E-state index contributed by atoms with van der Waals surface area (Å²) < 4.78 is 4.94. The highest BCUT2D eigenvalue weighted by atomic mass is 16.3. The van der Waals surface area contributed by atoms with Gasteiger partial charge in [-0.3, -0.25) is 4.79 Å². The number of aromatic hydroxyl groups is 1. The number of rotatable bonds is 3. The predicted molar refractivity (Wildman–Crippen MR) is 79.4 cm³/mol. The molecule has 0 spiro atoms. The molecule has 1 aromatic heterocycles. The summed E-state index contributed by atoms with van der Waals surface area (Å²) in [5, 5.41) is 15.7. The van der Waals surface area contributed by atoms with Crippen LogP contribution in [0, 0.1) is 0 Å². The van der Waals surface area contributed by atoms with E-state index in [2.05, 4.69) is 10.5 Å². The van der Waals surface area contributed by atoms with Gasteiger partial charge in [-0.1, -0.05) is 24.3 Å². The summed E-state index contributed by atoms with van der Waals surface area (Å²) in [6, 6.07) is 14.3. The highest BCUT2D eigenvalue weighted by Gasteiger charge is 2.06. The van der Waals surface area contributed by atoms with Gasteiger partial charge in [0.05, 0.1) is 12.5 Å². The molecule has 0 bridgehead atoms. The van der Waals surface area contributed by atoms with Gasteiger partial charge in [0.2, 0.25) is 0 Å². The summed E-state index contributed by atoms with van der Waals surface area (Å²) >= 11 is 0. The summed E-state index contributed by atoms with van der Waals surface area (Å²) in [5.74, 6) is -0.170. The van der Waals surface area contributed by atoms with E-state index in [1.54, 1.807) is 24.3 Å². The lowest BCUT2D eigenvalue weighted by Crippen LogP contribution is -2.16. The van der Waals surface area contributed by atoms with Crippen molar-refractivity contribution in [2.45, 2.75) is 0 Å². The van der Waals surface area contributed by atoms with E-state index in [9.17, 15) is 9.90 Å². The Morgan fingerprint density at radius 3 is 2.62 bits per heavy atom. The minimum Gasteiger partial charge on any atom is -0.507 e. The number of carbonyl (C=O) groups is 1. The zero-order chi connectivity index (χ0) is 14.7. The monoisotopic (exact) mass is 280 g/mol. The van der Waals surface area contributed by atoms with Crippen LogP contribution >= 0.6 is 0 Å². The number of amides is 1. The Bertz CT molecular complexity index is 808. The quantitative estimate of drug-likeness (QED) is 0.572. The molecule has 0 saturated carbocycles. The molecule has 1 heterocycles. The molecule has 0 aliphatic carbocycles. The summed E-state index contributed by atoms with van der Waals surface area (Å²) in [6.07, 6.45) is 2.80. The molecular formula is C16H12N2O3. The normalized spacial score (nSPS) is 11.0. The molecule has 0 saturated heterocycles. The lowest BCUT2D eigenvalue weighted by molar-refractivity contribution is 0.0927. The molecule has 5 heteroatoms. The summed E-state index contributed by atoms with van der Waals surface area (Å²) in [5.41, 5.74) is 2.86. The van der Waals surface area contributed by atoms with Gasteiger partial charge in [-0.2, -0.15) is 5.10 Å². The molecule has 0 unspecified atom stereocenters. The Kier molecular flexibility index (Phi) is 3.39. The van der Waals surface area contributed by atoms with E-state index >= 15 is 0 Å². The molecule has 0 aliphatic rings. The van der Waals surface area contributed by atoms with Gasteiger partial charge >= 0.3 is 5.91 Å². The van der Waals surface area contributed by atoms with Crippen LogP contribution in [0.4, 0.5) is 0 Å². The van der Waals surface area contributed by atoms with Crippen molar-refractivity contribution in [2.75, 3.05) is 0 Å². The molecule has 2 N–H and O–H groups in total.